The van der Waals surface area contributed by atoms with Gasteiger partial charge in [-0.05, 0) is 66.1 Å². The van der Waals surface area contributed by atoms with Crippen molar-refractivity contribution in [2.45, 2.75) is 13.8 Å². The largest absolute Gasteiger partial charge is 0.291 e. The molecule has 5 heteroatoms. The molecular weight excluding hydrogens is 574 g/mol. The third kappa shape index (κ3) is 3.87. The summed E-state index contributed by atoms with van der Waals surface area (Å²) >= 11 is 1.70. The van der Waals surface area contributed by atoms with E-state index in [1.807, 2.05) is 32.0 Å². The van der Waals surface area contributed by atoms with E-state index in [-0.39, 0.29) is 5.82 Å². The Morgan fingerprint density at radius 1 is 0.600 bits per heavy atom. The number of fused-ring (bicyclic) bond motifs is 9. The summed E-state index contributed by atoms with van der Waals surface area (Å²) in [5.74, 6) is 0.603. The van der Waals surface area contributed by atoms with Crippen LogP contribution >= 0.6 is 11.3 Å². The van der Waals surface area contributed by atoms with Crippen molar-refractivity contribution in [2.24, 2.45) is 0 Å². The second kappa shape index (κ2) is 9.81. The second-order valence-electron chi connectivity index (χ2n) is 11.6. The molecule has 3 heterocycles. The van der Waals surface area contributed by atoms with Gasteiger partial charge in [0.25, 0.3) is 0 Å². The van der Waals surface area contributed by atoms with Crippen molar-refractivity contribution in [1.29, 1.82) is 0 Å². The van der Waals surface area contributed by atoms with Gasteiger partial charge in [0.2, 0.25) is 0 Å². The van der Waals surface area contributed by atoms with E-state index in [4.69, 9.17) is 9.97 Å². The predicted molar refractivity (Wildman–Crippen MR) is 187 cm³/mol. The molecule has 0 aliphatic rings. The number of thiophene rings is 1. The lowest BCUT2D eigenvalue weighted by Gasteiger charge is -2.17. The van der Waals surface area contributed by atoms with E-state index < -0.39 is 0 Å². The number of imidazole rings is 1. The molecule has 214 valence electrons. The molecule has 9 rings (SSSR count). The summed E-state index contributed by atoms with van der Waals surface area (Å²) in [5.41, 5.74) is 7.73. The number of hydrogen-bond acceptors (Lipinski definition) is 3. The van der Waals surface area contributed by atoms with Gasteiger partial charge in [-0.15, -0.1) is 11.3 Å². The molecule has 0 aliphatic carbocycles. The molecule has 0 N–H and O–H groups in total. The van der Waals surface area contributed by atoms with Crippen LogP contribution in [0.5, 0.6) is 0 Å². The van der Waals surface area contributed by atoms with E-state index in [1.165, 1.54) is 10.8 Å². The van der Waals surface area contributed by atoms with Gasteiger partial charge >= 0.3 is 0 Å². The highest BCUT2D eigenvalue weighted by atomic mass is 32.1. The van der Waals surface area contributed by atoms with Crippen LogP contribution in [-0.4, -0.2) is 14.5 Å². The average molecular weight is 600 g/mol. The van der Waals surface area contributed by atoms with Crippen LogP contribution in [0.2, 0.25) is 0 Å². The minimum Gasteiger partial charge on any atom is -0.291 e. The van der Waals surface area contributed by atoms with Gasteiger partial charge in [-0.2, -0.15) is 0 Å². The van der Waals surface area contributed by atoms with Crippen LogP contribution in [0.4, 0.5) is 4.39 Å². The molecule has 0 unspecified atom stereocenters. The molecule has 0 bridgehead atoms. The van der Waals surface area contributed by atoms with Gasteiger partial charge in [-0.1, -0.05) is 91.0 Å². The van der Waals surface area contributed by atoms with Gasteiger partial charge in [0.1, 0.15) is 16.5 Å². The van der Waals surface area contributed by atoms with Crippen LogP contribution < -0.4 is 0 Å². The molecule has 0 aliphatic heterocycles. The summed E-state index contributed by atoms with van der Waals surface area (Å²) < 4.78 is 18.1. The maximum Gasteiger partial charge on any atom is 0.147 e. The van der Waals surface area contributed by atoms with Gasteiger partial charge in [0, 0.05) is 37.4 Å². The monoisotopic (exact) mass is 599 g/mol. The van der Waals surface area contributed by atoms with E-state index in [9.17, 15) is 4.39 Å². The third-order valence-corrected chi connectivity index (χ3v) is 10.0. The zero-order chi connectivity index (χ0) is 30.2. The number of pyridine rings is 1. The molecule has 0 saturated carbocycles. The van der Waals surface area contributed by atoms with Gasteiger partial charge in [0.15, 0.2) is 0 Å². The SMILES string of the molecule is Cc1cc(F)cc(C)c1-n1c(-c2cccc3c2sc2nc(-c4ccccc4)ccc23)nc2c3ccccc3c3ccccc3c21. The molecule has 0 atom stereocenters. The van der Waals surface area contributed by atoms with Crippen LogP contribution in [0.3, 0.4) is 0 Å². The van der Waals surface area contributed by atoms with Crippen LogP contribution in [0.25, 0.3) is 81.2 Å². The Bertz CT molecular complexity index is 2610. The summed E-state index contributed by atoms with van der Waals surface area (Å²) in [6.07, 6.45) is 0. The average Bonchev–Trinajstić information content (AvgIpc) is 3.64. The van der Waals surface area contributed by atoms with Crippen LogP contribution in [0, 0.1) is 19.7 Å². The van der Waals surface area contributed by atoms with E-state index in [0.717, 1.165) is 81.6 Å². The van der Waals surface area contributed by atoms with Gasteiger partial charge < -0.3 is 0 Å². The normalized spacial score (nSPS) is 11.9. The molecule has 0 amide bonds. The number of aryl methyl sites for hydroxylation is 2. The predicted octanol–water partition coefficient (Wildman–Crippen LogP) is 11.2. The fraction of sp³-hybridized carbons (Fsp3) is 0.0500. The summed E-state index contributed by atoms with van der Waals surface area (Å²) in [4.78, 5) is 11.6. The van der Waals surface area contributed by atoms with E-state index in [2.05, 4.69) is 95.6 Å². The number of nitrogens with zero attached hydrogens (tertiary/aromatic N) is 3. The van der Waals surface area contributed by atoms with Gasteiger partial charge in [0.05, 0.1) is 22.4 Å². The number of benzene rings is 6. The summed E-state index contributed by atoms with van der Waals surface area (Å²) in [6, 6.07) is 41.3. The first kappa shape index (κ1) is 26.1. The second-order valence-corrected chi connectivity index (χ2v) is 12.6. The number of hydrogen-bond donors (Lipinski definition) is 0. The van der Waals surface area contributed by atoms with Crippen molar-refractivity contribution >= 4 is 64.2 Å². The maximum atomic E-state index is 14.7. The first-order chi connectivity index (χ1) is 22.1. The minimum absolute atomic E-state index is 0.234. The summed E-state index contributed by atoms with van der Waals surface area (Å²) in [6.45, 7) is 3.97. The van der Waals surface area contributed by atoms with E-state index in [1.54, 1.807) is 23.5 Å². The quantitative estimate of drug-likeness (QED) is 0.189. The molecule has 0 radical (unpaired) electrons. The lowest BCUT2D eigenvalue weighted by molar-refractivity contribution is 0.625. The summed E-state index contributed by atoms with van der Waals surface area (Å²) in [5, 5.41) is 6.84. The smallest absolute Gasteiger partial charge is 0.147 e. The number of halogens is 1. The first-order valence-corrected chi connectivity index (χ1v) is 15.9. The minimum atomic E-state index is -0.234. The highest BCUT2D eigenvalue weighted by molar-refractivity contribution is 7.26. The maximum absolute atomic E-state index is 14.7. The lowest BCUT2D eigenvalue weighted by atomic mass is 9.99. The molecule has 0 spiro atoms. The Hall–Kier alpha value is -5.39. The highest BCUT2D eigenvalue weighted by Gasteiger charge is 2.24. The van der Waals surface area contributed by atoms with Crippen molar-refractivity contribution < 1.29 is 4.39 Å². The Kier molecular flexibility index (Phi) is 5.68. The van der Waals surface area contributed by atoms with Crippen molar-refractivity contribution in [3.63, 3.8) is 0 Å². The number of rotatable bonds is 3. The zero-order valence-corrected chi connectivity index (χ0v) is 25.5. The molecule has 3 aromatic heterocycles. The molecule has 45 heavy (non-hydrogen) atoms. The van der Waals surface area contributed by atoms with Crippen LogP contribution in [-0.2, 0) is 0 Å². The van der Waals surface area contributed by atoms with E-state index in [0.29, 0.717) is 0 Å². The van der Waals surface area contributed by atoms with Gasteiger partial charge in [-0.3, -0.25) is 4.57 Å². The van der Waals surface area contributed by atoms with Crippen molar-refractivity contribution in [1.82, 2.24) is 14.5 Å². The Balaban J connectivity index is 1.43. The molecule has 3 nitrogen and oxygen atoms in total. The van der Waals surface area contributed by atoms with Crippen molar-refractivity contribution in [2.75, 3.05) is 0 Å². The molecular formula is C40H26FN3S. The van der Waals surface area contributed by atoms with Gasteiger partial charge in [-0.25, -0.2) is 14.4 Å². The molecule has 9 aromatic rings. The Labute approximate surface area is 262 Å². The lowest BCUT2D eigenvalue weighted by Crippen LogP contribution is -2.04. The Morgan fingerprint density at radius 2 is 1.24 bits per heavy atom. The fourth-order valence-corrected chi connectivity index (χ4v) is 8.17. The molecule has 6 aromatic carbocycles. The van der Waals surface area contributed by atoms with E-state index >= 15 is 0 Å². The number of aromatic nitrogens is 3. The summed E-state index contributed by atoms with van der Waals surface area (Å²) in [7, 11) is 0. The van der Waals surface area contributed by atoms with Crippen molar-refractivity contribution in [3.05, 3.63) is 138 Å². The standard InChI is InChI=1S/C40H26FN3S/c1-23-21-26(41)22-24(2)36(23)44-37-30-16-9-7-14-28(30)27-13-6-8-15-29(27)35(37)43-39(44)33-18-10-17-31-32-19-20-34(25-11-4-3-5-12-25)42-40(32)45-38(31)33/h3-22H,1-2H3. The fourth-order valence-electron chi connectivity index (χ4n) is 6.98. The highest BCUT2D eigenvalue weighted by Crippen LogP contribution is 2.44. The van der Waals surface area contributed by atoms with Crippen LogP contribution in [0.1, 0.15) is 11.1 Å². The molecule has 0 fully saturated rings. The molecule has 0 saturated heterocycles. The Morgan fingerprint density at radius 3 is 2.00 bits per heavy atom. The zero-order valence-electron chi connectivity index (χ0n) is 24.7. The topological polar surface area (TPSA) is 30.7 Å². The van der Waals surface area contributed by atoms with Crippen molar-refractivity contribution in [3.8, 4) is 28.3 Å². The third-order valence-electron chi connectivity index (χ3n) is 8.89. The first-order valence-electron chi connectivity index (χ1n) is 15.0. The van der Waals surface area contributed by atoms with Crippen LogP contribution in [0.15, 0.2) is 121 Å².